The van der Waals surface area contributed by atoms with Crippen LogP contribution in [0.1, 0.15) is 77.8 Å². The molecule has 3 N–H and O–H groups in total. The Bertz CT molecular complexity index is 1090. The maximum atomic E-state index is 4.70. The van der Waals surface area contributed by atoms with Crippen molar-refractivity contribution in [2.45, 2.75) is 104 Å². The fourth-order valence-electron chi connectivity index (χ4n) is 5.55. The van der Waals surface area contributed by atoms with Crippen LogP contribution in [0.15, 0.2) is 85.6 Å². The predicted molar refractivity (Wildman–Crippen MR) is 199 cm³/mol. The summed E-state index contributed by atoms with van der Waals surface area (Å²) in [6, 6.07) is 9.51. The Hall–Kier alpha value is -2.96. The third kappa shape index (κ3) is 12.8. The number of unbranched alkanes of at least 4 members (excludes halogenated alkanes) is 1. The molecule has 0 heterocycles. The van der Waals surface area contributed by atoms with Gasteiger partial charge in [0.05, 0.1) is 12.1 Å². The Morgan fingerprint density at radius 1 is 0.844 bits per heavy atom. The Morgan fingerprint density at radius 2 is 1.44 bits per heavy atom. The molecule has 6 nitrogen and oxygen atoms in total. The molecule has 45 heavy (non-hydrogen) atoms. The van der Waals surface area contributed by atoms with Gasteiger partial charge in [-0.25, -0.2) is 0 Å². The molecule has 0 aliphatic carbocycles. The quantitative estimate of drug-likeness (QED) is 0.105. The first-order chi connectivity index (χ1) is 21.2. The number of hydrogen-bond donors (Lipinski definition) is 3. The maximum absolute atomic E-state index is 4.70. The van der Waals surface area contributed by atoms with E-state index < -0.39 is 0 Å². The van der Waals surface area contributed by atoms with Crippen molar-refractivity contribution in [1.29, 1.82) is 0 Å². The van der Waals surface area contributed by atoms with Gasteiger partial charge >= 0.3 is 0 Å². The van der Waals surface area contributed by atoms with Crippen molar-refractivity contribution in [1.82, 2.24) is 30.7 Å². The zero-order valence-corrected chi connectivity index (χ0v) is 30.7. The van der Waals surface area contributed by atoms with Crippen LogP contribution < -0.4 is 16.0 Å². The number of rotatable bonds is 24. The minimum atomic E-state index is 0.0351. The van der Waals surface area contributed by atoms with Crippen LogP contribution in [0.2, 0.25) is 0 Å². The topological polar surface area (TPSA) is 45.8 Å². The van der Waals surface area contributed by atoms with E-state index in [9.17, 15) is 0 Å². The standard InChI is InChI=1S/C39H68N6/c1-16-18-25-45(33(9)38(41-12)26-28(3)4)34(10)44(15)39(27-36-22-20-35(17-2)21-23-36)29(5)19-24-37(31(7)40-11)42-30(6)32(8)43(13)14/h20-23,28,32,37-42H,5-7,9-10,16-19,24-27H2,1-4,8,11-15H3/t32?,37-,38?,39?/m0/s1. The second-order valence-corrected chi connectivity index (χ2v) is 13.2. The van der Waals surface area contributed by atoms with Gasteiger partial charge in [-0.1, -0.05) is 96.8 Å². The van der Waals surface area contributed by atoms with Crippen LogP contribution in [0.5, 0.6) is 0 Å². The number of benzene rings is 1. The van der Waals surface area contributed by atoms with Crippen molar-refractivity contribution in [3.63, 3.8) is 0 Å². The fourth-order valence-corrected chi connectivity index (χ4v) is 5.55. The van der Waals surface area contributed by atoms with E-state index in [2.05, 4.69) is 137 Å². The maximum Gasteiger partial charge on any atom is 0.101 e. The van der Waals surface area contributed by atoms with Crippen LogP contribution in [0.4, 0.5) is 0 Å². The third-order valence-electron chi connectivity index (χ3n) is 9.19. The van der Waals surface area contributed by atoms with Crippen LogP contribution in [-0.2, 0) is 12.8 Å². The van der Waals surface area contributed by atoms with Gasteiger partial charge in [0.25, 0.3) is 0 Å². The minimum Gasteiger partial charge on any atom is -0.390 e. The van der Waals surface area contributed by atoms with Gasteiger partial charge in [0.1, 0.15) is 5.82 Å². The first-order valence-corrected chi connectivity index (χ1v) is 17.0. The largest absolute Gasteiger partial charge is 0.390 e. The van der Waals surface area contributed by atoms with E-state index in [0.717, 1.165) is 74.4 Å². The molecule has 1 aromatic rings. The second kappa shape index (κ2) is 20.2. The normalized spacial score (nSPS) is 14.0. The van der Waals surface area contributed by atoms with Gasteiger partial charge < -0.3 is 30.7 Å². The Kier molecular flexibility index (Phi) is 18.0. The highest BCUT2D eigenvalue weighted by Crippen LogP contribution is 2.28. The molecule has 3 unspecified atom stereocenters. The number of likely N-dealkylation sites (N-methyl/N-ethyl adjacent to an activating group) is 4. The van der Waals surface area contributed by atoms with E-state index in [1.165, 1.54) is 16.7 Å². The van der Waals surface area contributed by atoms with Crippen molar-refractivity contribution < 1.29 is 0 Å². The molecular weight excluding hydrogens is 552 g/mol. The lowest BCUT2D eigenvalue weighted by Gasteiger charge is -2.41. The Balaban J connectivity index is 3.38. The first-order valence-electron chi connectivity index (χ1n) is 17.0. The van der Waals surface area contributed by atoms with Crippen LogP contribution >= 0.6 is 0 Å². The van der Waals surface area contributed by atoms with Gasteiger partial charge in [-0.3, -0.25) is 0 Å². The van der Waals surface area contributed by atoms with E-state index in [0.29, 0.717) is 5.92 Å². The molecule has 0 aliphatic rings. The zero-order valence-electron chi connectivity index (χ0n) is 30.7. The van der Waals surface area contributed by atoms with Gasteiger partial charge in [0.15, 0.2) is 0 Å². The highest BCUT2D eigenvalue weighted by atomic mass is 15.3. The van der Waals surface area contributed by atoms with Crippen LogP contribution in [-0.4, -0.2) is 80.7 Å². The molecule has 0 amide bonds. The molecule has 0 aromatic heterocycles. The molecule has 0 saturated carbocycles. The Morgan fingerprint density at radius 3 is 1.93 bits per heavy atom. The van der Waals surface area contributed by atoms with Crippen LogP contribution in [0, 0.1) is 5.92 Å². The van der Waals surface area contributed by atoms with Crippen molar-refractivity contribution >= 4 is 0 Å². The summed E-state index contributed by atoms with van der Waals surface area (Å²) in [5, 5.41) is 10.4. The SMILES string of the molecule is C=C(N[C@@H](CCC(=C)C(Cc1ccc(CC)cc1)N(C)C(=C)N(CCCC)C(=C)C(CC(C)C)NC)C(=C)NC)C(C)N(C)C. The van der Waals surface area contributed by atoms with Gasteiger partial charge in [0.2, 0.25) is 0 Å². The van der Waals surface area contributed by atoms with Gasteiger partial charge in [-0.05, 0) is 83.6 Å². The molecule has 0 saturated heterocycles. The van der Waals surface area contributed by atoms with Crippen molar-refractivity contribution in [3.05, 3.63) is 96.8 Å². The third-order valence-corrected chi connectivity index (χ3v) is 9.19. The summed E-state index contributed by atoms with van der Waals surface area (Å²) in [6.45, 7) is 34.6. The van der Waals surface area contributed by atoms with E-state index in [-0.39, 0.29) is 24.2 Å². The monoisotopic (exact) mass is 621 g/mol. The number of nitrogens with zero attached hydrogens (tertiary/aromatic N) is 3. The summed E-state index contributed by atoms with van der Waals surface area (Å²) >= 11 is 0. The highest BCUT2D eigenvalue weighted by Gasteiger charge is 2.27. The smallest absolute Gasteiger partial charge is 0.101 e. The molecule has 6 heteroatoms. The average Bonchev–Trinajstić information content (AvgIpc) is 3.02. The second-order valence-electron chi connectivity index (χ2n) is 13.2. The summed E-state index contributed by atoms with van der Waals surface area (Å²) in [4.78, 5) is 6.83. The lowest BCUT2D eigenvalue weighted by molar-refractivity contribution is 0.220. The average molecular weight is 621 g/mol. The summed E-state index contributed by atoms with van der Waals surface area (Å²) in [5.74, 6) is 1.53. The molecule has 254 valence electrons. The number of aryl methyl sites for hydroxylation is 1. The molecule has 1 rings (SSSR count). The molecule has 4 atom stereocenters. The molecule has 0 bridgehead atoms. The van der Waals surface area contributed by atoms with E-state index >= 15 is 0 Å². The summed E-state index contributed by atoms with van der Waals surface area (Å²) in [6.07, 6.45) is 6.77. The van der Waals surface area contributed by atoms with E-state index in [1.54, 1.807) is 0 Å². The fraction of sp³-hybridized carbons (Fsp3) is 0.590. The van der Waals surface area contributed by atoms with Gasteiger partial charge in [0, 0.05) is 49.8 Å². The lowest BCUT2D eigenvalue weighted by Crippen LogP contribution is -2.45. The van der Waals surface area contributed by atoms with Crippen molar-refractivity contribution in [3.8, 4) is 0 Å². The summed E-state index contributed by atoms with van der Waals surface area (Å²) in [5.41, 5.74) is 6.83. The van der Waals surface area contributed by atoms with Crippen molar-refractivity contribution in [2.75, 3.05) is 41.8 Å². The van der Waals surface area contributed by atoms with Crippen LogP contribution in [0.25, 0.3) is 0 Å². The molecule has 1 aromatic carbocycles. The molecule has 0 radical (unpaired) electrons. The molecular formula is C39H68N6. The predicted octanol–water partition coefficient (Wildman–Crippen LogP) is 7.30. The minimum absolute atomic E-state index is 0.0351. The first kappa shape index (κ1) is 40.1. The Labute approximate surface area is 278 Å². The molecule has 0 aliphatic heterocycles. The molecule has 0 fully saturated rings. The summed E-state index contributed by atoms with van der Waals surface area (Å²) in [7, 11) is 10.3. The lowest BCUT2D eigenvalue weighted by atomic mass is 9.92. The van der Waals surface area contributed by atoms with E-state index in [4.69, 9.17) is 6.58 Å². The zero-order chi connectivity index (χ0) is 34.3. The summed E-state index contributed by atoms with van der Waals surface area (Å²) < 4.78 is 0. The van der Waals surface area contributed by atoms with Crippen molar-refractivity contribution in [2.24, 2.45) is 5.92 Å². The van der Waals surface area contributed by atoms with Gasteiger partial charge in [-0.2, -0.15) is 0 Å². The number of nitrogens with one attached hydrogen (secondary N) is 3. The number of hydrogen-bond acceptors (Lipinski definition) is 6. The van der Waals surface area contributed by atoms with Gasteiger partial charge in [-0.15, -0.1) is 0 Å². The highest BCUT2D eigenvalue weighted by molar-refractivity contribution is 5.27. The van der Waals surface area contributed by atoms with Crippen LogP contribution in [0.3, 0.4) is 0 Å². The van der Waals surface area contributed by atoms with E-state index in [1.807, 2.05) is 14.1 Å². The molecule has 0 spiro atoms.